The molecule has 0 aliphatic heterocycles. The molecule has 0 fully saturated rings. The quantitative estimate of drug-likeness (QED) is 0.696. The van der Waals surface area contributed by atoms with Crippen molar-refractivity contribution in [1.29, 1.82) is 0 Å². The second kappa shape index (κ2) is 7.46. The minimum Gasteiger partial charge on any atom is -0.497 e. The Morgan fingerprint density at radius 1 is 1.12 bits per heavy atom. The highest BCUT2D eigenvalue weighted by Crippen LogP contribution is 2.29. The highest BCUT2D eigenvalue weighted by atomic mass is 32.2. The first-order valence-electron chi connectivity index (χ1n) is 7.33. The molecule has 3 aromatic rings. The third-order valence-electron chi connectivity index (χ3n) is 3.40. The smallest absolute Gasteiger partial charge is 0.196 e. The number of benzene rings is 2. The number of methoxy groups -OCH3 is 1. The summed E-state index contributed by atoms with van der Waals surface area (Å²) in [5, 5.41) is 18.0. The Morgan fingerprint density at radius 3 is 2.54 bits per heavy atom. The molecule has 3 rings (SSSR count). The fourth-order valence-electron chi connectivity index (χ4n) is 2.28. The summed E-state index contributed by atoms with van der Waals surface area (Å²) in [6.45, 7) is 0.00661. The van der Waals surface area contributed by atoms with Gasteiger partial charge in [-0.05, 0) is 36.4 Å². The van der Waals surface area contributed by atoms with Crippen LogP contribution in [0.4, 0.5) is 4.39 Å². The number of aliphatic hydroxyl groups excluding tert-OH is 1. The van der Waals surface area contributed by atoms with Gasteiger partial charge in [-0.2, -0.15) is 0 Å². The van der Waals surface area contributed by atoms with Crippen molar-refractivity contribution >= 4 is 11.8 Å². The van der Waals surface area contributed by atoms with Gasteiger partial charge in [0, 0.05) is 11.3 Å². The lowest BCUT2D eigenvalue weighted by Gasteiger charge is -2.11. The van der Waals surface area contributed by atoms with Crippen molar-refractivity contribution in [3.63, 3.8) is 0 Å². The molecule has 0 radical (unpaired) electrons. The maximum atomic E-state index is 14.3. The van der Waals surface area contributed by atoms with Gasteiger partial charge in [0.05, 0.1) is 19.4 Å². The zero-order valence-electron chi connectivity index (χ0n) is 13.0. The molecule has 0 bridgehead atoms. The second-order valence-electron chi connectivity index (χ2n) is 4.89. The first-order chi connectivity index (χ1) is 11.7. The van der Waals surface area contributed by atoms with Crippen LogP contribution in [0.15, 0.2) is 53.7 Å². The Labute approximate surface area is 143 Å². The molecule has 1 aromatic heterocycles. The Morgan fingerprint density at radius 2 is 1.88 bits per heavy atom. The van der Waals surface area contributed by atoms with Crippen LogP contribution in [0, 0.1) is 5.82 Å². The Kier molecular flexibility index (Phi) is 5.12. The Hall–Kier alpha value is -2.38. The number of thioether (sulfide) groups is 1. The summed E-state index contributed by atoms with van der Waals surface area (Å²) in [7, 11) is 1.60. The van der Waals surface area contributed by atoms with Crippen molar-refractivity contribution in [2.24, 2.45) is 0 Å². The van der Waals surface area contributed by atoms with E-state index < -0.39 is 0 Å². The van der Waals surface area contributed by atoms with E-state index in [1.54, 1.807) is 29.9 Å². The molecule has 1 heterocycles. The first kappa shape index (κ1) is 16.5. The van der Waals surface area contributed by atoms with Gasteiger partial charge in [0.2, 0.25) is 0 Å². The Bertz CT molecular complexity index is 821. The average Bonchev–Trinajstić information content (AvgIpc) is 3.04. The molecular weight excluding hydrogens is 329 g/mol. The van der Waals surface area contributed by atoms with Gasteiger partial charge in [0.15, 0.2) is 11.0 Å². The number of rotatable bonds is 6. The molecule has 5 nitrogen and oxygen atoms in total. The van der Waals surface area contributed by atoms with Crippen molar-refractivity contribution in [1.82, 2.24) is 14.8 Å². The van der Waals surface area contributed by atoms with Gasteiger partial charge in [-0.3, -0.25) is 4.57 Å². The predicted molar refractivity (Wildman–Crippen MR) is 91.1 cm³/mol. The summed E-state index contributed by atoms with van der Waals surface area (Å²) in [5.74, 6) is 1.35. The maximum Gasteiger partial charge on any atom is 0.196 e. The minimum atomic E-state index is -0.363. The highest BCUT2D eigenvalue weighted by Gasteiger charge is 2.18. The van der Waals surface area contributed by atoms with E-state index in [4.69, 9.17) is 9.84 Å². The summed E-state index contributed by atoms with van der Waals surface area (Å²) in [6.07, 6.45) is 0. The summed E-state index contributed by atoms with van der Waals surface area (Å²) in [6, 6.07) is 13.8. The van der Waals surface area contributed by atoms with Crippen LogP contribution in [0.2, 0.25) is 0 Å². The topological polar surface area (TPSA) is 60.2 Å². The van der Waals surface area contributed by atoms with Crippen molar-refractivity contribution in [2.75, 3.05) is 19.5 Å². The van der Waals surface area contributed by atoms with Crippen LogP contribution >= 0.6 is 11.8 Å². The van der Waals surface area contributed by atoms with Gasteiger partial charge >= 0.3 is 0 Å². The van der Waals surface area contributed by atoms with Crippen LogP contribution in [-0.4, -0.2) is 39.3 Å². The van der Waals surface area contributed by atoms with E-state index in [2.05, 4.69) is 10.2 Å². The van der Waals surface area contributed by atoms with Crippen LogP contribution < -0.4 is 4.74 Å². The number of nitrogens with zero attached hydrogens (tertiary/aromatic N) is 3. The summed E-state index contributed by atoms with van der Waals surface area (Å²) in [5.41, 5.74) is 1.16. The van der Waals surface area contributed by atoms with Crippen molar-refractivity contribution in [3.8, 4) is 22.8 Å². The van der Waals surface area contributed by atoms with E-state index in [0.717, 1.165) is 11.3 Å². The zero-order valence-corrected chi connectivity index (χ0v) is 13.8. The number of aromatic nitrogens is 3. The van der Waals surface area contributed by atoms with Gasteiger partial charge in [0.1, 0.15) is 11.6 Å². The third-order valence-corrected chi connectivity index (χ3v) is 4.31. The number of hydrogen-bond donors (Lipinski definition) is 1. The van der Waals surface area contributed by atoms with Crippen LogP contribution in [0.3, 0.4) is 0 Å². The summed E-state index contributed by atoms with van der Waals surface area (Å²) in [4.78, 5) is 0. The molecule has 0 spiro atoms. The normalized spacial score (nSPS) is 10.8. The second-order valence-corrected chi connectivity index (χ2v) is 5.96. The Balaban J connectivity index is 2.12. The molecule has 0 unspecified atom stereocenters. The monoisotopic (exact) mass is 345 g/mol. The van der Waals surface area contributed by atoms with Crippen LogP contribution in [0.25, 0.3) is 17.1 Å². The zero-order chi connectivity index (χ0) is 16.9. The van der Waals surface area contributed by atoms with Gasteiger partial charge in [0.25, 0.3) is 0 Å². The lowest BCUT2D eigenvalue weighted by Crippen LogP contribution is -2.03. The molecular formula is C17H16FN3O2S. The van der Waals surface area contributed by atoms with Gasteiger partial charge in [-0.1, -0.05) is 23.9 Å². The van der Waals surface area contributed by atoms with Crippen LogP contribution in [0.5, 0.6) is 5.75 Å². The third kappa shape index (κ3) is 3.27. The standard InChI is InChI=1S/C17H16FN3O2S/c1-23-13-8-6-12(7-9-13)16-19-20-17(24-11-10-22)21(16)15-5-3-2-4-14(15)18/h2-9,22H,10-11H2,1H3. The summed E-state index contributed by atoms with van der Waals surface area (Å²) < 4.78 is 21.1. The molecule has 0 saturated carbocycles. The lowest BCUT2D eigenvalue weighted by molar-refractivity contribution is 0.322. The van der Waals surface area contributed by atoms with Gasteiger partial charge in [-0.15, -0.1) is 10.2 Å². The highest BCUT2D eigenvalue weighted by molar-refractivity contribution is 7.99. The van der Waals surface area contributed by atoms with E-state index >= 15 is 0 Å². The van der Waals surface area contributed by atoms with Crippen molar-refractivity contribution in [2.45, 2.75) is 5.16 Å². The average molecular weight is 345 g/mol. The van der Waals surface area contributed by atoms with Gasteiger partial charge < -0.3 is 9.84 Å². The van der Waals surface area contributed by atoms with E-state index in [1.165, 1.54) is 17.8 Å². The fraction of sp³-hybridized carbons (Fsp3) is 0.176. The van der Waals surface area contributed by atoms with Crippen LogP contribution in [0.1, 0.15) is 0 Å². The minimum absolute atomic E-state index is 0.00661. The van der Waals surface area contributed by atoms with E-state index in [1.807, 2.05) is 24.3 Å². The SMILES string of the molecule is COc1ccc(-c2nnc(SCCO)n2-c2ccccc2F)cc1. The molecule has 2 aromatic carbocycles. The molecule has 0 atom stereocenters. The van der Waals surface area contributed by atoms with Crippen molar-refractivity contribution < 1.29 is 14.2 Å². The van der Waals surface area contributed by atoms with E-state index in [-0.39, 0.29) is 12.4 Å². The molecule has 24 heavy (non-hydrogen) atoms. The number of hydrogen-bond acceptors (Lipinski definition) is 5. The fourth-order valence-corrected chi connectivity index (χ4v) is 2.96. The molecule has 0 amide bonds. The largest absolute Gasteiger partial charge is 0.497 e. The van der Waals surface area contributed by atoms with E-state index in [9.17, 15) is 4.39 Å². The molecule has 0 aliphatic rings. The number of ether oxygens (including phenoxy) is 1. The number of halogens is 1. The van der Waals surface area contributed by atoms with Crippen LogP contribution in [-0.2, 0) is 0 Å². The summed E-state index contributed by atoms with van der Waals surface area (Å²) >= 11 is 1.32. The predicted octanol–water partition coefficient (Wildman–Crippen LogP) is 3.17. The molecule has 7 heteroatoms. The lowest BCUT2D eigenvalue weighted by atomic mass is 10.2. The molecule has 0 aliphatic carbocycles. The maximum absolute atomic E-state index is 14.3. The van der Waals surface area contributed by atoms with Gasteiger partial charge in [-0.25, -0.2) is 4.39 Å². The van der Waals surface area contributed by atoms with E-state index in [0.29, 0.717) is 22.4 Å². The number of aliphatic hydroxyl groups is 1. The molecule has 124 valence electrons. The number of para-hydroxylation sites is 1. The molecule has 0 saturated heterocycles. The first-order valence-corrected chi connectivity index (χ1v) is 8.31. The van der Waals surface area contributed by atoms with Crippen molar-refractivity contribution in [3.05, 3.63) is 54.3 Å². The molecule has 1 N–H and O–H groups in total.